The monoisotopic (exact) mass is 292 g/mol. The first-order valence-electron chi connectivity index (χ1n) is 6.96. The van der Waals surface area contributed by atoms with Gasteiger partial charge in [-0.15, -0.1) is 0 Å². The van der Waals surface area contributed by atoms with Crippen molar-refractivity contribution in [2.45, 2.75) is 13.0 Å². The number of carbonyl (C=O) groups is 2. The third-order valence-electron chi connectivity index (χ3n) is 3.49. The Morgan fingerprint density at radius 2 is 2.14 bits per heavy atom. The second-order valence-corrected chi connectivity index (χ2v) is 5.14. The summed E-state index contributed by atoms with van der Waals surface area (Å²) in [6.07, 6.45) is 2.39. The molecule has 0 aliphatic carbocycles. The largest absolute Gasteiger partial charge is 0.478 e. The molecule has 1 aliphatic rings. The number of hydrogen-bond acceptors (Lipinski definition) is 4. The van der Waals surface area contributed by atoms with E-state index < -0.39 is 5.97 Å². The number of likely N-dealkylation sites (N-methyl/N-ethyl adjacent to an activating group) is 1. The summed E-state index contributed by atoms with van der Waals surface area (Å²) in [6.45, 7) is 3.52. The number of carbonyl (C=O) groups excluding carboxylic acids is 1. The lowest BCUT2D eigenvalue weighted by molar-refractivity contribution is 0.0696. The minimum absolute atomic E-state index is 0.132. The van der Waals surface area contributed by atoms with E-state index in [9.17, 15) is 9.59 Å². The SMILES string of the molecule is CN1CCCN(C(=O)NCc2cc(C(=O)O)ccn2)CC1. The number of nitrogens with zero attached hydrogens (tertiary/aromatic N) is 3. The second-order valence-electron chi connectivity index (χ2n) is 5.14. The summed E-state index contributed by atoms with van der Waals surface area (Å²) in [5.74, 6) is -1.000. The molecule has 0 unspecified atom stereocenters. The van der Waals surface area contributed by atoms with E-state index in [0.717, 1.165) is 26.1 Å². The van der Waals surface area contributed by atoms with E-state index in [4.69, 9.17) is 5.11 Å². The van der Waals surface area contributed by atoms with Gasteiger partial charge in [0, 0.05) is 25.8 Å². The molecule has 1 aromatic rings. The smallest absolute Gasteiger partial charge is 0.335 e. The van der Waals surface area contributed by atoms with Gasteiger partial charge in [-0.3, -0.25) is 4.98 Å². The molecule has 0 radical (unpaired) electrons. The zero-order valence-corrected chi connectivity index (χ0v) is 12.1. The highest BCUT2D eigenvalue weighted by atomic mass is 16.4. The van der Waals surface area contributed by atoms with Gasteiger partial charge in [0.1, 0.15) is 0 Å². The van der Waals surface area contributed by atoms with Crippen molar-refractivity contribution in [1.82, 2.24) is 20.1 Å². The fourth-order valence-electron chi connectivity index (χ4n) is 2.24. The number of rotatable bonds is 3. The summed E-state index contributed by atoms with van der Waals surface area (Å²) in [6, 6.07) is 2.77. The standard InChI is InChI=1S/C14H20N4O3/c1-17-5-2-6-18(8-7-17)14(21)16-10-12-9-11(13(19)20)3-4-15-12/h3-4,9H,2,5-8,10H2,1H3,(H,16,21)(H,19,20). The summed E-state index contributed by atoms with van der Waals surface area (Å²) in [5.41, 5.74) is 0.709. The maximum Gasteiger partial charge on any atom is 0.335 e. The highest BCUT2D eigenvalue weighted by molar-refractivity contribution is 5.87. The number of nitrogens with one attached hydrogen (secondary N) is 1. The molecule has 1 saturated heterocycles. The summed E-state index contributed by atoms with van der Waals surface area (Å²) in [7, 11) is 2.04. The van der Waals surface area contributed by atoms with Crippen LogP contribution in [0.15, 0.2) is 18.3 Å². The molecule has 0 aromatic carbocycles. The fraction of sp³-hybridized carbons (Fsp3) is 0.500. The topological polar surface area (TPSA) is 85.8 Å². The molecular formula is C14H20N4O3. The van der Waals surface area contributed by atoms with Crippen molar-refractivity contribution < 1.29 is 14.7 Å². The number of carboxylic acid groups (broad SMARTS) is 1. The average Bonchev–Trinajstić information content (AvgIpc) is 2.70. The van der Waals surface area contributed by atoms with Gasteiger partial charge in [0.25, 0.3) is 0 Å². The van der Waals surface area contributed by atoms with Gasteiger partial charge in [-0.05, 0) is 32.1 Å². The molecule has 2 heterocycles. The summed E-state index contributed by atoms with van der Waals surface area (Å²) < 4.78 is 0. The van der Waals surface area contributed by atoms with Crippen LogP contribution >= 0.6 is 0 Å². The molecule has 0 spiro atoms. The Bertz CT molecular complexity index is 521. The number of aromatic nitrogens is 1. The number of pyridine rings is 1. The number of hydrogen-bond donors (Lipinski definition) is 2. The third-order valence-corrected chi connectivity index (χ3v) is 3.49. The van der Waals surface area contributed by atoms with Gasteiger partial charge in [0.15, 0.2) is 0 Å². The molecule has 114 valence electrons. The minimum atomic E-state index is -1.000. The van der Waals surface area contributed by atoms with E-state index >= 15 is 0 Å². The Labute approximate surface area is 123 Å². The maximum atomic E-state index is 12.1. The molecule has 21 heavy (non-hydrogen) atoms. The van der Waals surface area contributed by atoms with Gasteiger partial charge in [-0.1, -0.05) is 0 Å². The molecule has 7 heteroatoms. The van der Waals surface area contributed by atoms with E-state index in [0.29, 0.717) is 12.2 Å². The van der Waals surface area contributed by atoms with E-state index in [1.54, 1.807) is 4.90 Å². The van der Waals surface area contributed by atoms with E-state index in [2.05, 4.69) is 15.2 Å². The van der Waals surface area contributed by atoms with Gasteiger partial charge in [0.05, 0.1) is 17.8 Å². The molecule has 1 fully saturated rings. The summed E-state index contributed by atoms with van der Waals surface area (Å²) >= 11 is 0. The van der Waals surface area contributed by atoms with Gasteiger partial charge in [-0.2, -0.15) is 0 Å². The molecule has 1 aliphatic heterocycles. The van der Waals surface area contributed by atoms with Crippen LogP contribution in [0.5, 0.6) is 0 Å². The highest BCUT2D eigenvalue weighted by Crippen LogP contribution is 2.04. The lowest BCUT2D eigenvalue weighted by Crippen LogP contribution is -2.41. The maximum absolute atomic E-state index is 12.1. The van der Waals surface area contributed by atoms with Crippen molar-refractivity contribution in [3.8, 4) is 0 Å². The predicted octanol–water partition coefficient (Wildman–Crippen LogP) is 0.627. The van der Waals surface area contributed by atoms with Crippen molar-refractivity contribution >= 4 is 12.0 Å². The van der Waals surface area contributed by atoms with E-state index in [1.807, 2.05) is 7.05 Å². The lowest BCUT2D eigenvalue weighted by Gasteiger charge is -2.20. The van der Waals surface area contributed by atoms with Gasteiger partial charge in [0.2, 0.25) is 0 Å². The van der Waals surface area contributed by atoms with E-state index in [-0.39, 0.29) is 18.1 Å². The molecule has 0 atom stereocenters. The lowest BCUT2D eigenvalue weighted by atomic mass is 10.2. The van der Waals surface area contributed by atoms with Crippen LogP contribution in [-0.4, -0.2) is 65.1 Å². The van der Waals surface area contributed by atoms with Gasteiger partial charge >= 0.3 is 12.0 Å². The first kappa shape index (κ1) is 15.2. The van der Waals surface area contributed by atoms with Crippen LogP contribution < -0.4 is 5.32 Å². The van der Waals surface area contributed by atoms with Crippen molar-refractivity contribution in [3.05, 3.63) is 29.6 Å². The van der Waals surface area contributed by atoms with Crippen LogP contribution in [0, 0.1) is 0 Å². The van der Waals surface area contributed by atoms with E-state index in [1.165, 1.54) is 18.3 Å². The molecule has 0 bridgehead atoms. The Hall–Kier alpha value is -2.15. The number of amides is 2. The Balaban J connectivity index is 1.88. The van der Waals surface area contributed by atoms with Crippen molar-refractivity contribution in [3.63, 3.8) is 0 Å². The van der Waals surface area contributed by atoms with Crippen molar-refractivity contribution in [2.75, 3.05) is 33.2 Å². The van der Waals surface area contributed by atoms with Crippen LogP contribution in [0.3, 0.4) is 0 Å². The Morgan fingerprint density at radius 1 is 1.33 bits per heavy atom. The van der Waals surface area contributed by atoms with Crippen LogP contribution in [0.2, 0.25) is 0 Å². The number of carboxylic acids is 1. The summed E-state index contributed by atoms with van der Waals surface area (Å²) in [5, 5.41) is 11.7. The normalized spacial score (nSPS) is 16.3. The minimum Gasteiger partial charge on any atom is -0.478 e. The van der Waals surface area contributed by atoms with Crippen LogP contribution in [0.25, 0.3) is 0 Å². The molecule has 0 saturated carbocycles. The summed E-state index contributed by atoms with van der Waals surface area (Å²) in [4.78, 5) is 31.0. The van der Waals surface area contributed by atoms with Gasteiger partial charge in [-0.25, -0.2) is 9.59 Å². The predicted molar refractivity (Wildman–Crippen MR) is 77.1 cm³/mol. The molecule has 2 amide bonds. The number of urea groups is 1. The molecular weight excluding hydrogens is 272 g/mol. The molecule has 7 nitrogen and oxygen atoms in total. The first-order chi connectivity index (χ1) is 10.1. The second kappa shape index (κ2) is 7.03. The molecule has 2 N–H and O–H groups in total. The van der Waals surface area contributed by atoms with Crippen molar-refractivity contribution in [2.24, 2.45) is 0 Å². The van der Waals surface area contributed by atoms with Crippen LogP contribution in [0.1, 0.15) is 22.5 Å². The molecule has 1 aromatic heterocycles. The Morgan fingerprint density at radius 3 is 2.90 bits per heavy atom. The first-order valence-corrected chi connectivity index (χ1v) is 6.96. The quantitative estimate of drug-likeness (QED) is 0.853. The third kappa shape index (κ3) is 4.42. The van der Waals surface area contributed by atoms with Crippen LogP contribution in [0.4, 0.5) is 4.79 Å². The fourth-order valence-corrected chi connectivity index (χ4v) is 2.24. The van der Waals surface area contributed by atoms with Crippen molar-refractivity contribution in [1.29, 1.82) is 0 Å². The number of aromatic carboxylic acids is 1. The zero-order chi connectivity index (χ0) is 15.2. The zero-order valence-electron chi connectivity index (χ0n) is 12.1. The molecule has 2 rings (SSSR count). The average molecular weight is 292 g/mol. The highest BCUT2D eigenvalue weighted by Gasteiger charge is 2.17. The Kier molecular flexibility index (Phi) is 5.10. The van der Waals surface area contributed by atoms with Gasteiger partial charge < -0.3 is 20.2 Å². The van der Waals surface area contributed by atoms with Crippen LogP contribution in [-0.2, 0) is 6.54 Å².